The molecule has 0 N–H and O–H groups in total. The Kier molecular flexibility index (Phi) is 5.34. The number of carbonyl (C=O) groups excluding carboxylic acids is 3. The first-order chi connectivity index (χ1) is 12.5. The molecule has 2 aliphatic rings. The molecule has 0 aromatic carbocycles. The highest BCUT2D eigenvalue weighted by Crippen LogP contribution is 2.48. The molecule has 2 heterocycles. The smallest absolute Gasteiger partial charge is 0.289 e. The lowest BCUT2D eigenvalue weighted by Gasteiger charge is -2.36. The standard InChI is InChI=1S/C19H27N3O4/c1-3-4-9-20(2)17(24)19(7-8-19)18(25)22-12-10-21(11-13-22)16(23)15-6-5-14-26-15/h5-6,14H,3-4,7-13H2,1-2H3. The van der Waals surface area contributed by atoms with Crippen molar-refractivity contribution in [3.05, 3.63) is 24.2 Å². The molecule has 0 spiro atoms. The second-order valence-corrected chi connectivity index (χ2v) is 7.22. The summed E-state index contributed by atoms with van der Waals surface area (Å²) in [5.41, 5.74) is -0.852. The molecule has 1 aliphatic heterocycles. The van der Waals surface area contributed by atoms with Crippen molar-refractivity contribution in [2.45, 2.75) is 32.6 Å². The molecule has 1 aliphatic carbocycles. The van der Waals surface area contributed by atoms with Gasteiger partial charge in [0.25, 0.3) is 5.91 Å². The van der Waals surface area contributed by atoms with Gasteiger partial charge in [0.15, 0.2) is 5.76 Å². The fourth-order valence-electron chi connectivity index (χ4n) is 3.48. The van der Waals surface area contributed by atoms with Crippen LogP contribution >= 0.6 is 0 Å². The third-order valence-corrected chi connectivity index (χ3v) is 5.35. The number of rotatable bonds is 6. The molecule has 7 nitrogen and oxygen atoms in total. The molecule has 1 saturated carbocycles. The molecular weight excluding hydrogens is 334 g/mol. The minimum Gasteiger partial charge on any atom is -0.459 e. The van der Waals surface area contributed by atoms with E-state index in [1.165, 1.54) is 6.26 Å². The molecule has 0 atom stereocenters. The van der Waals surface area contributed by atoms with Gasteiger partial charge in [0.1, 0.15) is 5.41 Å². The van der Waals surface area contributed by atoms with Crippen LogP contribution in [0, 0.1) is 5.41 Å². The van der Waals surface area contributed by atoms with Crippen LogP contribution in [0.25, 0.3) is 0 Å². The fraction of sp³-hybridized carbons (Fsp3) is 0.632. The van der Waals surface area contributed by atoms with Gasteiger partial charge in [-0.05, 0) is 31.4 Å². The molecule has 3 rings (SSSR count). The van der Waals surface area contributed by atoms with E-state index in [4.69, 9.17) is 4.42 Å². The minimum atomic E-state index is -0.852. The number of piperazine rings is 1. The van der Waals surface area contributed by atoms with Gasteiger partial charge in [-0.3, -0.25) is 14.4 Å². The number of carbonyl (C=O) groups is 3. The molecule has 0 unspecified atom stereocenters. The summed E-state index contributed by atoms with van der Waals surface area (Å²) in [6.45, 7) is 4.61. The predicted molar refractivity (Wildman–Crippen MR) is 95.4 cm³/mol. The number of hydrogen-bond acceptors (Lipinski definition) is 4. The summed E-state index contributed by atoms with van der Waals surface area (Å²) in [4.78, 5) is 43.2. The van der Waals surface area contributed by atoms with Crippen molar-refractivity contribution in [3.8, 4) is 0 Å². The van der Waals surface area contributed by atoms with Crippen molar-refractivity contribution < 1.29 is 18.8 Å². The highest BCUT2D eigenvalue weighted by molar-refractivity contribution is 6.07. The van der Waals surface area contributed by atoms with E-state index in [9.17, 15) is 14.4 Å². The van der Waals surface area contributed by atoms with Gasteiger partial charge in [0, 0.05) is 39.8 Å². The van der Waals surface area contributed by atoms with Crippen molar-refractivity contribution in [1.29, 1.82) is 0 Å². The summed E-state index contributed by atoms with van der Waals surface area (Å²) in [5, 5.41) is 0. The van der Waals surface area contributed by atoms with Crippen LogP contribution in [0.2, 0.25) is 0 Å². The van der Waals surface area contributed by atoms with Crippen LogP contribution in [-0.4, -0.2) is 72.2 Å². The maximum Gasteiger partial charge on any atom is 0.289 e. The molecule has 0 bridgehead atoms. The molecule has 142 valence electrons. The third kappa shape index (κ3) is 3.48. The van der Waals surface area contributed by atoms with Crippen LogP contribution in [-0.2, 0) is 9.59 Å². The van der Waals surface area contributed by atoms with Gasteiger partial charge in [-0.1, -0.05) is 13.3 Å². The first-order valence-electron chi connectivity index (χ1n) is 9.37. The van der Waals surface area contributed by atoms with Gasteiger partial charge >= 0.3 is 0 Å². The van der Waals surface area contributed by atoms with Crippen molar-refractivity contribution in [1.82, 2.24) is 14.7 Å². The largest absolute Gasteiger partial charge is 0.459 e. The number of unbranched alkanes of at least 4 members (excludes halogenated alkanes) is 1. The van der Waals surface area contributed by atoms with Crippen molar-refractivity contribution >= 4 is 17.7 Å². The minimum absolute atomic E-state index is 0.0509. The maximum absolute atomic E-state index is 13.0. The average molecular weight is 361 g/mol. The van der Waals surface area contributed by atoms with Gasteiger partial charge in [-0.2, -0.15) is 0 Å². The highest BCUT2D eigenvalue weighted by Gasteiger charge is 2.59. The Morgan fingerprint density at radius 2 is 1.81 bits per heavy atom. The summed E-state index contributed by atoms with van der Waals surface area (Å²) in [7, 11) is 1.78. The van der Waals surface area contributed by atoms with E-state index in [1.54, 1.807) is 33.9 Å². The SMILES string of the molecule is CCCCN(C)C(=O)C1(C(=O)N2CCN(C(=O)c3ccco3)CC2)CC1. The van der Waals surface area contributed by atoms with E-state index in [1.807, 2.05) is 0 Å². The molecular formula is C19H27N3O4. The number of hydrogen-bond donors (Lipinski definition) is 0. The fourth-order valence-corrected chi connectivity index (χ4v) is 3.48. The second-order valence-electron chi connectivity index (χ2n) is 7.22. The van der Waals surface area contributed by atoms with Crippen molar-refractivity contribution in [2.75, 3.05) is 39.8 Å². The average Bonchev–Trinajstić information content (AvgIpc) is 3.30. The van der Waals surface area contributed by atoms with E-state index in [2.05, 4.69) is 6.92 Å². The lowest BCUT2D eigenvalue weighted by atomic mass is 10.0. The first-order valence-corrected chi connectivity index (χ1v) is 9.37. The lowest BCUT2D eigenvalue weighted by Crippen LogP contribution is -2.54. The monoisotopic (exact) mass is 361 g/mol. The van der Waals surface area contributed by atoms with Gasteiger partial charge in [-0.25, -0.2) is 0 Å². The van der Waals surface area contributed by atoms with E-state index in [0.717, 1.165) is 12.8 Å². The predicted octanol–water partition coefficient (Wildman–Crippen LogP) is 1.60. The normalized spacial score (nSPS) is 18.5. The van der Waals surface area contributed by atoms with Crippen molar-refractivity contribution in [2.24, 2.45) is 5.41 Å². The Morgan fingerprint density at radius 1 is 1.15 bits per heavy atom. The van der Waals surface area contributed by atoms with Gasteiger partial charge < -0.3 is 19.1 Å². The van der Waals surface area contributed by atoms with E-state index in [-0.39, 0.29) is 17.7 Å². The quantitative estimate of drug-likeness (QED) is 0.722. The van der Waals surface area contributed by atoms with Gasteiger partial charge in [0.05, 0.1) is 6.26 Å². The summed E-state index contributed by atoms with van der Waals surface area (Å²) < 4.78 is 5.16. The second kappa shape index (κ2) is 7.51. The lowest BCUT2D eigenvalue weighted by molar-refractivity contribution is -0.149. The van der Waals surface area contributed by atoms with Crippen LogP contribution in [0.15, 0.2) is 22.8 Å². The van der Waals surface area contributed by atoms with E-state index in [0.29, 0.717) is 51.3 Å². The summed E-state index contributed by atoms with van der Waals surface area (Å²) in [6.07, 6.45) is 4.70. The van der Waals surface area contributed by atoms with Crippen molar-refractivity contribution in [3.63, 3.8) is 0 Å². The Morgan fingerprint density at radius 3 is 2.35 bits per heavy atom. The van der Waals surface area contributed by atoms with Crippen LogP contribution in [0.5, 0.6) is 0 Å². The number of furan rings is 1. The molecule has 7 heteroatoms. The zero-order valence-electron chi connectivity index (χ0n) is 15.6. The first kappa shape index (κ1) is 18.5. The molecule has 0 radical (unpaired) electrons. The van der Waals surface area contributed by atoms with Gasteiger partial charge in [0.2, 0.25) is 11.8 Å². The molecule has 1 aromatic rings. The zero-order valence-corrected chi connectivity index (χ0v) is 15.6. The zero-order chi connectivity index (χ0) is 18.7. The van der Waals surface area contributed by atoms with Gasteiger partial charge in [-0.15, -0.1) is 0 Å². The molecule has 1 aromatic heterocycles. The van der Waals surface area contributed by atoms with Crippen LogP contribution in [0.4, 0.5) is 0 Å². The van der Waals surface area contributed by atoms with Crippen LogP contribution < -0.4 is 0 Å². The number of nitrogens with zero attached hydrogens (tertiary/aromatic N) is 3. The van der Waals surface area contributed by atoms with Crippen LogP contribution in [0.3, 0.4) is 0 Å². The summed E-state index contributed by atoms with van der Waals surface area (Å²) in [5.74, 6) is 0.0377. The Labute approximate surface area is 153 Å². The molecule has 3 amide bonds. The Balaban J connectivity index is 1.56. The molecule has 1 saturated heterocycles. The summed E-state index contributed by atoms with van der Waals surface area (Å²) in [6, 6.07) is 3.33. The summed E-state index contributed by atoms with van der Waals surface area (Å²) >= 11 is 0. The Bertz CT molecular complexity index is 658. The molecule has 2 fully saturated rings. The van der Waals surface area contributed by atoms with E-state index >= 15 is 0 Å². The highest BCUT2D eigenvalue weighted by atomic mass is 16.3. The number of amides is 3. The van der Waals surface area contributed by atoms with E-state index < -0.39 is 5.41 Å². The maximum atomic E-state index is 13.0. The molecule has 26 heavy (non-hydrogen) atoms. The topological polar surface area (TPSA) is 74.1 Å². The Hall–Kier alpha value is -2.31. The van der Waals surface area contributed by atoms with Crippen LogP contribution in [0.1, 0.15) is 43.2 Å². The third-order valence-electron chi connectivity index (χ3n) is 5.35.